The topological polar surface area (TPSA) is 41.6 Å². The van der Waals surface area contributed by atoms with Crippen LogP contribution in [0.4, 0.5) is 11.4 Å². The van der Waals surface area contributed by atoms with Crippen LogP contribution in [0.2, 0.25) is 5.02 Å². The molecule has 0 saturated heterocycles. The summed E-state index contributed by atoms with van der Waals surface area (Å²) >= 11 is 6.02. The summed E-state index contributed by atoms with van der Waals surface area (Å²) in [7, 11) is 5.49. The lowest BCUT2D eigenvalue weighted by molar-refractivity contribution is -0.116. The number of benzene rings is 2. The van der Waals surface area contributed by atoms with Crippen LogP contribution < -0.4 is 15.0 Å². The van der Waals surface area contributed by atoms with Gasteiger partial charge in [-0.15, -0.1) is 0 Å². The van der Waals surface area contributed by atoms with Crippen LogP contribution in [-0.4, -0.2) is 27.1 Å². The maximum atomic E-state index is 12.2. The first-order valence-corrected chi connectivity index (χ1v) is 7.77. The molecule has 0 aromatic heterocycles. The summed E-state index contributed by atoms with van der Waals surface area (Å²) in [6.45, 7) is 0. The molecule has 2 aromatic rings. The molecule has 0 heterocycles. The summed E-state index contributed by atoms with van der Waals surface area (Å²) in [5.74, 6) is 0.777. The van der Waals surface area contributed by atoms with Crippen molar-refractivity contribution < 1.29 is 9.53 Å². The number of carbonyl (C=O) groups is 1. The van der Waals surface area contributed by atoms with Crippen LogP contribution in [0.1, 0.15) is 12.0 Å². The van der Waals surface area contributed by atoms with Crippen molar-refractivity contribution in [2.45, 2.75) is 12.8 Å². The van der Waals surface area contributed by atoms with Gasteiger partial charge in [0.05, 0.1) is 18.5 Å². The molecule has 2 aromatic carbocycles. The molecule has 1 N–H and O–H groups in total. The van der Waals surface area contributed by atoms with Gasteiger partial charge in [-0.3, -0.25) is 4.79 Å². The van der Waals surface area contributed by atoms with E-state index < -0.39 is 0 Å². The van der Waals surface area contributed by atoms with Crippen LogP contribution in [0.25, 0.3) is 0 Å². The predicted octanol–water partition coefficient (Wildman–Crippen LogP) is 3.99. The third kappa shape index (κ3) is 4.89. The summed E-state index contributed by atoms with van der Waals surface area (Å²) in [5.41, 5.74) is 2.74. The lowest BCUT2D eigenvalue weighted by Crippen LogP contribution is -2.17. The Balaban J connectivity index is 1.98. The Morgan fingerprint density at radius 3 is 2.48 bits per heavy atom. The molecule has 23 heavy (non-hydrogen) atoms. The molecule has 1 amide bonds. The number of hydrogen-bond donors (Lipinski definition) is 1. The molecule has 0 unspecified atom stereocenters. The van der Waals surface area contributed by atoms with Crippen molar-refractivity contribution in [3.63, 3.8) is 0 Å². The molecule has 0 radical (unpaired) electrons. The smallest absolute Gasteiger partial charge is 0.224 e. The number of halogens is 1. The molecule has 2 rings (SSSR count). The van der Waals surface area contributed by atoms with Crippen LogP contribution in [0.3, 0.4) is 0 Å². The number of amides is 1. The third-order valence-corrected chi connectivity index (χ3v) is 3.75. The van der Waals surface area contributed by atoms with Gasteiger partial charge >= 0.3 is 0 Å². The predicted molar refractivity (Wildman–Crippen MR) is 95.7 cm³/mol. The van der Waals surface area contributed by atoms with Crippen LogP contribution in [-0.2, 0) is 11.2 Å². The van der Waals surface area contributed by atoms with Gasteiger partial charge in [0.25, 0.3) is 0 Å². The van der Waals surface area contributed by atoms with Crippen molar-refractivity contribution in [3.8, 4) is 5.75 Å². The highest BCUT2D eigenvalue weighted by molar-refractivity contribution is 6.31. The monoisotopic (exact) mass is 332 g/mol. The Morgan fingerprint density at radius 2 is 1.87 bits per heavy atom. The normalized spacial score (nSPS) is 10.3. The number of aryl methyl sites for hydroxylation is 1. The minimum absolute atomic E-state index is 0.0359. The van der Waals surface area contributed by atoms with Crippen LogP contribution in [0, 0.1) is 0 Å². The van der Waals surface area contributed by atoms with Gasteiger partial charge < -0.3 is 15.0 Å². The SMILES string of the molecule is COc1ccc(CCC(=O)Nc2cc(Cl)ccc2N(C)C)cc1. The number of nitrogens with zero attached hydrogens (tertiary/aromatic N) is 1. The van der Waals surface area contributed by atoms with Crippen LogP contribution in [0.5, 0.6) is 5.75 Å². The van der Waals surface area contributed by atoms with Crippen molar-refractivity contribution >= 4 is 28.9 Å². The second kappa shape index (κ2) is 7.88. The lowest BCUT2D eigenvalue weighted by Gasteiger charge is -2.18. The summed E-state index contributed by atoms with van der Waals surface area (Å²) in [6.07, 6.45) is 1.08. The van der Waals surface area contributed by atoms with E-state index in [1.165, 1.54) is 0 Å². The number of anilines is 2. The first-order valence-electron chi connectivity index (χ1n) is 7.39. The minimum atomic E-state index is -0.0359. The van der Waals surface area contributed by atoms with Gasteiger partial charge in [0, 0.05) is 25.5 Å². The number of rotatable bonds is 6. The highest BCUT2D eigenvalue weighted by Crippen LogP contribution is 2.28. The van der Waals surface area contributed by atoms with E-state index in [-0.39, 0.29) is 5.91 Å². The maximum absolute atomic E-state index is 12.2. The first kappa shape index (κ1) is 17.2. The fourth-order valence-corrected chi connectivity index (χ4v) is 2.43. The molecular formula is C18H21ClN2O2. The molecule has 0 saturated carbocycles. The molecule has 0 spiro atoms. The standard InChI is InChI=1S/C18H21ClN2O2/c1-21(2)17-10-7-14(19)12-16(17)20-18(22)11-6-13-4-8-15(23-3)9-5-13/h4-5,7-10,12H,6,11H2,1-3H3,(H,20,22). The molecule has 122 valence electrons. The van der Waals surface area contributed by atoms with E-state index in [1.807, 2.05) is 55.4 Å². The average Bonchev–Trinajstić information content (AvgIpc) is 2.53. The van der Waals surface area contributed by atoms with Gasteiger partial charge in [-0.2, -0.15) is 0 Å². The Bertz CT molecular complexity index is 669. The first-order chi connectivity index (χ1) is 11.0. The maximum Gasteiger partial charge on any atom is 0.224 e. The van der Waals surface area contributed by atoms with Gasteiger partial charge in [-0.25, -0.2) is 0 Å². The Kier molecular flexibility index (Phi) is 5.88. The molecule has 0 aliphatic rings. The molecule has 0 bridgehead atoms. The summed E-state index contributed by atoms with van der Waals surface area (Å²) in [5, 5.41) is 3.53. The Labute approximate surface area is 142 Å². The van der Waals surface area contributed by atoms with E-state index in [1.54, 1.807) is 13.2 Å². The Morgan fingerprint density at radius 1 is 1.17 bits per heavy atom. The summed E-state index contributed by atoms with van der Waals surface area (Å²) in [4.78, 5) is 14.1. The van der Waals surface area contributed by atoms with E-state index in [9.17, 15) is 4.79 Å². The molecule has 4 nitrogen and oxygen atoms in total. The van der Waals surface area contributed by atoms with Crippen LogP contribution in [0.15, 0.2) is 42.5 Å². The number of nitrogens with one attached hydrogen (secondary N) is 1. The number of methoxy groups -OCH3 is 1. The highest BCUT2D eigenvalue weighted by Gasteiger charge is 2.09. The zero-order valence-corrected chi connectivity index (χ0v) is 14.4. The molecule has 0 aliphatic carbocycles. The molecular weight excluding hydrogens is 312 g/mol. The van der Waals surface area contributed by atoms with Crippen LogP contribution >= 0.6 is 11.6 Å². The number of carbonyl (C=O) groups excluding carboxylic acids is 1. The zero-order chi connectivity index (χ0) is 16.8. The van der Waals surface area contributed by atoms with E-state index in [0.29, 0.717) is 17.9 Å². The summed E-state index contributed by atoms with van der Waals surface area (Å²) < 4.78 is 5.12. The van der Waals surface area contributed by atoms with Crippen molar-refractivity contribution in [2.75, 3.05) is 31.4 Å². The average molecular weight is 333 g/mol. The highest BCUT2D eigenvalue weighted by atomic mass is 35.5. The van der Waals surface area contributed by atoms with Gasteiger partial charge in [0.15, 0.2) is 0 Å². The third-order valence-electron chi connectivity index (χ3n) is 3.51. The van der Waals surface area contributed by atoms with E-state index in [2.05, 4.69) is 5.32 Å². The minimum Gasteiger partial charge on any atom is -0.497 e. The molecule has 0 fully saturated rings. The largest absolute Gasteiger partial charge is 0.497 e. The number of ether oxygens (including phenoxy) is 1. The zero-order valence-electron chi connectivity index (χ0n) is 13.6. The second-order valence-corrected chi connectivity index (χ2v) is 5.89. The summed E-state index contributed by atoms with van der Waals surface area (Å²) in [6, 6.07) is 13.2. The fraction of sp³-hybridized carbons (Fsp3) is 0.278. The Hall–Kier alpha value is -2.20. The van der Waals surface area contributed by atoms with E-state index in [0.717, 1.165) is 22.7 Å². The van der Waals surface area contributed by atoms with E-state index >= 15 is 0 Å². The van der Waals surface area contributed by atoms with Gasteiger partial charge in [0.1, 0.15) is 5.75 Å². The number of hydrogen-bond acceptors (Lipinski definition) is 3. The molecule has 5 heteroatoms. The van der Waals surface area contributed by atoms with Crippen molar-refractivity contribution in [1.29, 1.82) is 0 Å². The van der Waals surface area contributed by atoms with Crippen molar-refractivity contribution in [2.24, 2.45) is 0 Å². The molecule has 0 atom stereocenters. The fourth-order valence-electron chi connectivity index (χ4n) is 2.26. The lowest BCUT2D eigenvalue weighted by atomic mass is 10.1. The molecule has 0 aliphatic heterocycles. The van der Waals surface area contributed by atoms with Crippen molar-refractivity contribution in [3.05, 3.63) is 53.1 Å². The second-order valence-electron chi connectivity index (χ2n) is 5.45. The van der Waals surface area contributed by atoms with Gasteiger partial charge in [-0.05, 0) is 42.3 Å². The van der Waals surface area contributed by atoms with E-state index in [4.69, 9.17) is 16.3 Å². The van der Waals surface area contributed by atoms with Gasteiger partial charge in [0.2, 0.25) is 5.91 Å². The van der Waals surface area contributed by atoms with Gasteiger partial charge in [-0.1, -0.05) is 23.7 Å². The van der Waals surface area contributed by atoms with Crippen molar-refractivity contribution in [1.82, 2.24) is 0 Å². The quantitative estimate of drug-likeness (QED) is 0.869.